The molecule has 0 amide bonds. The number of ether oxygens (including phenoxy) is 1. The maximum atomic E-state index is 13.6. The summed E-state index contributed by atoms with van der Waals surface area (Å²) in [4.78, 5) is 9.11. The van der Waals surface area contributed by atoms with Crippen LogP contribution in [0.25, 0.3) is 0 Å². The minimum atomic E-state index is -4.45. The number of hydrogen-bond acceptors (Lipinski definition) is 5. The van der Waals surface area contributed by atoms with Crippen molar-refractivity contribution >= 4 is 21.4 Å². The van der Waals surface area contributed by atoms with Crippen LogP contribution in [0.15, 0.2) is 41.3 Å². The molecule has 0 unspecified atom stereocenters. The largest absolute Gasteiger partial charge is 0.494 e. The van der Waals surface area contributed by atoms with Gasteiger partial charge in [0.25, 0.3) is 15.7 Å². The van der Waals surface area contributed by atoms with Gasteiger partial charge in [-0.1, -0.05) is 0 Å². The van der Waals surface area contributed by atoms with Gasteiger partial charge >= 0.3 is 0 Å². The third-order valence-electron chi connectivity index (χ3n) is 2.82. The summed E-state index contributed by atoms with van der Waals surface area (Å²) in [5.74, 6) is -2.21. The van der Waals surface area contributed by atoms with E-state index in [4.69, 9.17) is 4.74 Å². The summed E-state index contributed by atoms with van der Waals surface area (Å²) in [6, 6.07) is 5.11. The van der Waals surface area contributed by atoms with Crippen LogP contribution in [-0.2, 0) is 10.0 Å². The summed E-state index contributed by atoms with van der Waals surface area (Å²) in [6.07, 6.45) is 0. The van der Waals surface area contributed by atoms with Gasteiger partial charge in [0.15, 0.2) is 0 Å². The quantitative estimate of drug-likeness (QED) is 0.664. The van der Waals surface area contributed by atoms with Gasteiger partial charge in [-0.3, -0.25) is 14.8 Å². The van der Waals surface area contributed by atoms with Crippen molar-refractivity contribution in [1.82, 2.24) is 0 Å². The van der Waals surface area contributed by atoms with Crippen LogP contribution in [0, 0.1) is 21.7 Å². The lowest BCUT2D eigenvalue weighted by atomic mass is 10.2. The number of nitro groups is 1. The van der Waals surface area contributed by atoms with Crippen molar-refractivity contribution in [2.45, 2.75) is 4.90 Å². The maximum absolute atomic E-state index is 13.6. The molecule has 1 N–H and O–H groups in total. The molecule has 0 heterocycles. The van der Waals surface area contributed by atoms with Gasteiger partial charge in [-0.15, -0.1) is 0 Å². The fraction of sp³-hybridized carbons (Fsp3) is 0.0769. The average molecular weight is 344 g/mol. The van der Waals surface area contributed by atoms with E-state index in [-0.39, 0.29) is 17.1 Å². The highest BCUT2D eigenvalue weighted by molar-refractivity contribution is 7.92. The lowest BCUT2D eigenvalue weighted by Gasteiger charge is -2.12. The Balaban J connectivity index is 2.45. The van der Waals surface area contributed by atoms with E-state index >= 15 is 0 Å². The van der Waals surface area contributed by atoms with Crippen LogP contribution in [0.2, 0.25) is 0 Å². The van der Waals surface area contributed by atoms with Crippen molar-refractivity contribution in [2.75, 3.05) is 11.8 Å². The van der Waals surface area contributed by atoms with Crippen molar-refractivity contribution < 1.29 is 26.9 Å². The molecule has 2 aromatic carbocycles. The third kappa shape index (κ3) is 3.54. The van der Waals surface area contributed by atoms with Crippen LogP contribution in [0.1, 0.15) is 0 Å². The molecule has 2 aromatic rings. The average Bonchev–Trinajstić information content (AvgIpc) is 2.49. The number of nitrogens with zero attached hydrogens (tertiary/aromatic N) is 1. The van der Waals surface area contributed by atoms with Gasteiger partial charge in [0, 0.05) is 6.07 Å². The van der Waals surface area contributed by atoms with E-state index in [0.717, 1.165) is 24.3 Å². The van der Waals surface area contributed by atoms with Gasteiger partial charge in [0.1, 0.15) is 22.3 Å². The molecule has 0 aliphatic heterocycles. The van der Waals surface area contributed by atoms with E-state index in [2.05, 4.69) is 0 Å². The molecule has 122 valence electrons. The highest BCUT2D eigenvalue weighted by atomic mass is 32.2. The number of rotatable bonds is 5. The lowest BCUT2D eigenvalue weighted by Crippen LogP contribution is -2.15. The second-order valence-electron chi connectivity index (χ2n) is 4.32. The Hall–Kier alpha value is -2.75. The van der Waals surface area contributed by atoms with Crippen LogP contribution >= 0.6 is 0 Å². The Morgan fingerprint density at radius 2 is 1.87 bits per heavy atom. The van der Waals surface area contributed by atoms with Crippen molar-refractivity contribution in [3.8, 4) is 5.75 Å². The first-order valence-corrected chi connectivity index (χ1v) is 7.53. The molecule has 0 aromatic heterocycles. The lowest BCUT2D eigenvalue weighted by molar-refractivity contribution is -0.384. The molecule has 10 heteroatoms. The molecule has 0 aliphatic carbocycles. The zero-order valence-electron chi connectivity index (χ0n) is 11.6. The Kier molecular flexibility index (Phi) is 4.45. The zero-order chi connectivity index (χ0) is 17.2. The summed E-state index contributed by atoms with van der Waals surface area (Å²) in [5, 5.41) is 10.7. The predicted molar refractivity (Wildman–Crippen MR) is 76.8 cm³/mol. The molecule has 0 saturated heterocycles. The molecule has 2 rings (SSSR count). The van der Waals surface area contributed by atoms with E-state index < -0.39 is 31.5 Å². The summed E-state index contributed by atoms with van der Waals surface area (Å²) in [5.41, 5.74) is -0.469. The molecule has 7 nitrogen and oxygen atoms in total. The first-order chi connectivity index (χ1) is 10.7. The highest BCUT2D eigenvalue weighted by Crippen LogP contribution is 2.31. The van der Waals surface area contributed by atoms with Gasteiger partial charge < -0.3 is 4.74 Å². The number of nitro benzene ring substituents is 1. The molecule has 0 fully saturated rings. The highest BCUT2D eigenvalue weighted by Gasteiger charge is 2.22. The standard InChI is InChI=1S/C13H10F2N2O5S/c1-22-12-7-9(17(18)19)3-5-11(12)16-23(20,21)13-6-8(14)2-4-10(13)15/h2-7,16H,1H3. The minimum absolute atomic E-state index is 0.139. The maximum Gasteiger partial charge on any atom is 0.273 e. The van der Waals surface area contributed by atoms with Gasteiger partial charge in [-0.2, -0.15) is 0 Å². The monoisotopic (exact) mass is 344 g/mol. The summed E-state index contributed by atoms with van der Waals surface area (Å²) in [6.45, 7) is 0. The third-order valence-corrected chi connectivity index (χ3v) is 4.20. The van der Waals surface area contributed by atoms with E-state index in [1.54, 1.807) is 0 Å². The van der Waals surface area contributed by atoms with E-state index in [0.29, 0.717) is 12.1 Å². The van der Waals surface area contributed by atoms with Gasteiger partial charge in [-0.05, 0) is 24.3 Å². The minimum Gasteiger partial charge on any atom is -0.494 e. The summed E-state index contributed by atoms with van der Waals surface area (Å²) >= 11 is 0. The van der Waals surface area contributed by atoms with Crippen LogP contribution < -0.4 is 9.46 Å². The first-order valence-electron chi connectivity index (χ1n) is 6.05. The fourth-order valence-electron chi connectivity index (χ4n) is 1.76. The molecule has 0 spiro atoms. The van der Waals surface area contributed by atoms with E-state index in [1.807, 2.05) is 4.72 Å². The van der Waals surface area contributed by atoms with Crippen LogP contribution in [-0.4, -0.2) is 20.5 Å². The number of halogens is 2. The normalized spacial score (nSPS) is 11.1. The van der Waals surface area contributed by atoms with Crippen molar-refractivity contribution in [1.29, 1.82) is 0 Å². The fourth-order valence-corrected chi connectivity index (χ4v) is 2.92. The van der Waals surface area contributed by atoms with Crippen LogP contribution in [0.3, 0.4) is 0 Å². The predicted octanol–water partition coefficient (Wildman–Crippen LogP) is 2.68. The van der Waals surface area contributed by atoms with Gasteiger partial charge in [0.05, 0.1) is 23.8 Å². The Bertz CT molecular complexity index is 871. The molecule has 0 aliphatic rings. The number of sulfonamides is 1. The zero-order valence-corrected chi connectivity index (χ0v) is 12.4. The SMILES string of the molecule is COc1cc([N+](=O)[O-])ccc1NS(=O)(=O)c1cc(F)ccc1F. The molecule has 23 heavy (non-hydrogen) atoms. The van der Waals surface area contributed by atoms with Gasteiger partial charge in [-0.25, -0.2) is 17.2 Å². The van der Waals surface area contributed by atoms with Crippen molar-refractivity contribution in [3.63, 3.8) is 0 Å². The number of nitrogens with one attached hydrogen (secondary N) is 1. The van der Waals surface area contributed by atoms with E-state index in [1.165, 1.54) is 7.11 Å². The molecule has 0 atom stereocenters. The smallest absolute Gasteiger partial charge is 0.273 e. The van der Waals surface area contributed by atoms with Crippen molar-refractivity contribution in [2.24, 2.45) is 0 Å². The summed E-state index contributed by atoms with van der Waals surface area (Å²) < 4.78 is 57.9. The Labute approximate surface area is 129 Å². The number of hydrogen-bond donors (Lipinski definition) is 1. The Morgan fingerprint density at radius 3 is 2.48 bits per heavy atom. The molecule has 0 bridgehead atoms. The second-order valence-corrected chi connectivity index (χ2v) is 5.97. The molecule has 0 radical (unpaired) electrons. The van der Waals surface area contributed by atoms with Crippen LogP contribution in [0.5, 0.6) is 5.75 Å². The second kappa shape index (κ2) is 6.16. The van der Waals surface area contributed by atoms with Gasteiger partial charge in [0.2, 0.25) is 0 Å². The summed E-state index contributed by atoms with van der Waals surface area (Å²) in [7, 11) is -3.27. The number of methoxy groups -OCH3 is 1. The number of benzene rings is 2. The molecule has 0 saturated carbocycles. The molecular weight excluding hydrogens is 334 g/mol. The number of anilines is 1. The van der Waals surface area contributed by atoms with Crippen LogP contribution in [0.4, 0.5) is 20.2 Å². The topological polar surface area (TPSA) is 98.5 Å². The Morgan fingerprint density at radius 1 is 1.17 bits per heavy atom. The first kappa shape index (κ1) is 16.6. The van der Waals surface area contributed by atoms with Crippen molar-refractivity contribution in [3.05, 3.63) is 58.1 Å². The van der Waals surface area contributed by atoms with E-state index in [9.17, 15) is 27.3 Å². The molecular formula is C13H10F2N2O5S. The number of non-ortho nitro benzene ring substituents is 1.